The average molecular weight is 357 g/mol. The summed E-state index contributed by atoms with van der Waals surface area (Å²) < 4.78 is 63.2. The van der Waals surface area contributed by atoms with Crippen LogP contribution in [0, 0.1) is 0 Å². The van der Waals surface area contributed by atoms with Gasteiger partial charge < -0.3 is 9.50 Å². The molecule has 0 saturated heterocycles. The summed E-state index contributed by atoms with van der Waals surface area (Å²) in [5.41, 5.74) is -5.86. The second-order valence-electron chi connectivity index (χ2n) is 4.31. The minimum absolute atomic E-state index is 0.241. The van der Waals surface area contributed by atoms with E-state index in [2.05, 4.69) is 9.50 Å². The molecule has 0 aliphatic carbocycles. The standard InChI is InChI=1S/C12H14F3NO4S2/c1-8(7-21-2)16-11(17)9-5-3-4-6-10(9)20-22(18,19)12(13,14)15/h3-6,8H,7H2,1-2H3,(H,16,17). The molecule has 1 amide bonds. The van der Waals surface area contributed by atoms with Crippen molar-refractivity contribution in [3.8, 4) is 5.75 Å². The highest BCUT2D eigenvalue weighted by Gasteiger charge is 2.48. The van der Waals surface area contributed by atoms with Crippen LogP contribution in [0.1, 0.15) is 17.3 Å². The summed E-state index contributed by atoms with van der Waals surface area (Å²) in [6.07, 6.45) is 1.83. The van der Waals surface area contributed by atoms with Gasteiger partial charge in [-0.15, -0.1) is 0 Å². The van der Waals surface area contributed by atoms with Crippen molar-refractivity contribution in [1.29, 1.82) is 0 Å². The van der Waals surface area contributed by atoms with Gasteiger partial charge in [0, 0.05) is 11.8 Å². The van der Waals surface area contributed by atoms with Gasteiger partial charge in [0.1, 0.15) is 0 Å². The highest BCUT2D eigenvalue weighted by molar-refractivity contribution is 7.98. The molecule has 10 heteroatoms. The summed E-state index contributed by atoms with van der Waals surface area (Å²) in [5, 5.41) is 2.55. The predicted octanol–water partition coefficient (Wildman–Crippen LogP) is 2.40. The van der Waals surface area contributed by atoms with Gasteiger partial charge in [-0.05, 0) is 25.3 Å². The number of hydrogen-bond acceptors (Lipinski definition) is 5. The minimum Gasteiger partial charge on any atom is -0.375 e. The Kier molecular flexibility index (Phi) is 6.12. The highest BCUT2D eigenvalue weighted by Crippen LogP contribution is 2.28. The van der Waals surface area contributed by atoms with E-state index in [9.17, 15) is 26.4 Å². The van der Waals surface area contributed by atoms with Crippen molar-refractivity contribution in [2.24, 2.45) is 0 Å². The molecule has 1 rings (SSSR count). The van der Waals surface area contributed by atoms with Crippen LogP contribution in [-0.2, 0) is 10.1 Å². The van der Waals surface area contributed by atoms with Gasteiger partial charge in [-0.2, -0.15) is 33.4 Å². The molecule has 124 valence electrons. The van der Waals surface area contributed by atoms with Gasteiger partial charge in [-0.3, -0.25) is 4.79 Å². The molecule has 1 aromatic rings. The quantitative estimate of drug-likeness (QED) is 0.625. The number of para-hydroxylation sites is 1. The molecule has 1 atom stereocenters. The van der Waals surface area contributed by atoms with E-state index in [1.165, 1.54) is 30.0 Å². The molecular formula is C12H14F3NO4S2. The molecule has 0 radical (unpaired) electrons. The topological polar surface area (TPSA) is 72.5 Å². The van der Waals surface area contributed by atoms with Gasteiger partial charge in [0.05, 0.1) is 5.56 Å². The van der Waals surface area contributed by atoms with Crippen molar-refractivity contribution in [2.45, 2.75) is 18.5 Å². The van der Waals surface area contributed by atoms with E-state index < -0.39 is 27.3 Å². The lowest BCUT2D eigenvalue weighted by molar-refractivity contribution is -0.0500. The average Bonchev–Trinajstić information content (AvgIpc) is 2.37. The third-order valence-corrected chi connectivity index (χ3v) is 4.21. The minimum atomic E-state index is -5.83. The fourth-order valence-corrected chi connectivity index (χ4v) is 2.55. The molecule has 0 heterocycles. The lowest BCUT2D eigenvalue weighted by Gasteiger charge is -2.15. The van der Waals surface area contributed by atoms with Gasteiger partial charge in [-0.25, -0.2) is 0 Å². The lowest BCUT2D eigenvalue weighted by Crippen LogP contribution is -2.35. The molecule has 0 spiro atoms. The van der Waals surface area contributed by atoms with Crippen molar-refractivity contribution in [1.82, 2.24) is 5.32 Å². The van der Waals surface area contributed by atoms with E-state index in [-0.39, 0.29) is 11.6 Å². The number of thioether (sulfide) groups is 1. The molecule has 1 unspecified atom stereocenters. The lowest BCUT2D eigenvalue weighted by atomic mass is 10.2. The SMILES string of the molecule is CSCC(C)NC(=O)c1ccccc1OS(=O)(=O)C(F)(F)F. The summed E-state index contributed by atoms with van der Waals surface area (Å²) in [6.45, 7) is 1.71. The molecule has 0 aliphatic rings. The fraction of sp³-hybridized carbons (Fsp3) is 0.417. The first-order valence-corrected chi connectivity index (χ1v) is 8.78. The first-order valence-electron chi connectivity index (χ1n) is 5.98. The molecule has 0 saturated carbocycles. The molecule has 0 fully saturated rings. The Labute approximate surface area is 130 Å². The predicted molar refractivity (Wildman–Crippen MR) is 77.4 cm³/mol. The molecule has 0 aromatic heterocycles. The van der Waals surface area contributed by atoms with E-state index in [1.807, 2.05) is 6.26 Å². The van der Waals surface area contributed by atoms with Crippen LogP contribution in [-0.4, -0.2) is 37.9 Å². The monoisotopic (exact) mass is 357 g/mol. The third-order valence-electron chi connectivity index (χ3n) is 2.41. The van der Waals surface area contributed by atoms with Gasteiger partial charge >= 0.3 is 15.6 Å². The Morgan fingerprint density at radius 1 is 1.36 bits per heavy atom. The zero-order valence-corrected chi connectivity index (χ0v) is 13.3. The Morgan fingerprint density at radius 3 is 2.50 bits per heavy atom. The van der Waals surface area contributed by atoms with Gasteiger partial charge in [0.15, 0.2) is 5.75 Å². The molecule has 0 bridgehead atoms. The van der Waals surface area contributed by atoms with Crippen LogP contribution < -0.4 is 9.50 Å². The van der Waals surface area contributed by atoms with Gasteiger partial charge in [-0.1, -0.05) is 12.1 Å². The van der Waals surface area contributed by atoms with Crippen molar-refractivity contribution in [3.05, 3.63) is 29.8 Å². The molecule has 0 aliphatic heterocycles. The molecule has 1 aromatic carbocycles. The third kappa shape index (κ3) is 4.80. The number of alkyl halides is 3. The van der Waals surface area contributed by atoms with Crippen molar-refractivity contribution < 1.29 is 30.6 Å². The van der Waals surface area contributed by atoms with Crippen molar-refractivity contribution in [2.75, 3.05) is 12.0 Å². The Morgan fingerprint density at radius 2 is 1.95 bits per heavy atom. The van der Waals surface area contributed by atoms with Crippen molar-refractivity contribution >= 4 is 27.8 Å². The number of benzene rings is 1. The number of halogens is 3. The van der Waals surface area contributed by atoms with E-state index in [4.69, 9.17) is 0 Å². The zero-order valence-electron chi connectivity index (χ0n) is 11.7. The van der Waals surface area contributed by atoms with Crippen LogP contribution in [0.5, 0.6) is 5.75 Å². The van der Waals surface area contributed by atoms with Crippen LogP contribution in [0.4, 0.5) is 13.2 Å². The van der Waals surface area contributed by atoms with Crippen LogP contribution in [0.2, 0.25) is 0 Å². The van der Waals surface area contributed by atoms with E-state index in [0.717, 1.165) is 6.07 Å². The van der Waals surface area contributed by atoms with Gasteiger partial charge in [0.25, 0.3) is 5.91 Å². The molecule has 5 nitrogen and oxygen atoms in total. The van der Waals surface area contributed by atoms with E-state index in [1.54, 1.807) is 6.92 Å². The summed E-state index contributed by atoms with van der Waals surface area (Å²) in [5.74, 6) is -0.793. The Balaban J connectivity index is 3.03. The first-order chi connectivity index (χ1) is 10.1. The van der Waals surface area contributed by atoms with E-state index in [0.29, 0.717) is 5.75 Å². The maximum Gasteiger partial charge on any atom is 0.534 e. The highest BCUT2D eigenvalue weighted by atomic mass is 32.2. The Hall–Kier alpha value is -1.42. The van der Waals surface area contributed by atoms with Crippen LogP contribution in [0.25, 0.3) is 0 Å². The second-order valence-corrected chi connectivity index (χ2v) is 6.76. The smallest absolute Gasteiger partial charge is 0.375 e. The molecular weight excluding hydrogens is 343 g/mol. The number of amides is 1. The van der Waals surface area contributed by atoms with Crippen LogP contribution in [0.3, 0.4) is 0 Å². The molecule has 22 heavy (non-hydrogen) atoms. The van der Waals surface area contributed by atoms with Gasteiger partial charge in [0.2, 0.25) is 0 Å². The molecule has 1 N–H and O–H groups in total. The van der Waals surface area contributed by atoms with Crippen LogP contribution in [0.15, 0.2) is 24.3 Å². The number of carbonyl (C=O) groups is 1. The fourth-order valence-electron chi connectivity index (χ4n) is 1.49. The first kappa shape index (κ1) is 18.6. The zero-order chi connectivity index (χ0) is 17.0. The van der Waals surface area contributed by atoms with Crippen molar-refractivity contribution in [3.63, 3.8) is 0 Å². The maximum atomic E-state index is 12.3. The summed E-state index contributed by atoms with van der Waals surface area (Å²) in [6, 6.07) is 4.58. The normalized spacial score (nSPS) is 13.5. The number of carbonyl (C=O) groups excluding carboxylic acids is 1. The number of hydrogen-bond donors (Lipinski definition) is 1. The van der Waals surface area contributed by atoms with E-state index >= 15 is 0 Å². The summed E-state index contributed by atoms with van der Waals surface area (Å²) in [7, 11) is -5.83. The summed E-state index contributed by atoms with van der Waals surface area (Å²) >= 11 is 1.47. The maximum absolute atomic E-state index is 12.3. The second kappa shape index (κ2) is 7.23. The largest absolute Gasteiger partial charge is 0.534 e. The van der Waals surface area contributed by atoms with Crippen LogP contribution >= 0.6 is 11.8 Å². The number of rotatable bonds is 6. The Bertz CT molecular complexity index is 632. The summed E-state index contributed by atoms with van der Waals surface area (Å²) in [4.78, 5) is 12.0. The number of nitrogens with one attached hydrogen (secondary N) is 1.